The molecule has 2 atom stereocenters. The summed E-state index contributed by atoms with van der Waals surface area (Å²) in [6.07, 6.45) is -0.145. The molecule has 4 heteroatoms. The molecule has 21 heavy (non-hydrogen) atoms. The molecule has 2 aromatic carbocycles. The van der Waals surface area contributed by atoms with Crippen LogP contribution in [0.2, 0.25) is 0 Å². The van der Waals surface area contributed by atoms with Gasteiger partial charge < -0.3 is 10.5 Å². The minimum Gasteiger partial charge on any atom is -0.483 e. The van der Waals surface area contributed by atoms with E-state index < -0.39 is 0 Å². The van der Waals surface area contributed by atoms with Gasteiger partial charge in [-0.25, -0.2) is 0 Å². The predicted octanol–water partition coefficient (Wildman–Crippen LogP) is 5.13. The van der Waals surface area contributed by atoms with Gasteiger partial charge in [0.25, 0.3) is 0 Å². The minimum absolute atomic E-state index is 0.0852. The molecule has 1 heterocycles. The van der Waals surface area contributed by atoms with Gasteiger partial charge in [-0.2, -0.15) is 11.3 Å². The molecule has 0 spiro atoms. The average Bonchev–Trinajstić information content (AvgIpc) is 3.00. The number of nitrogens with two attached hydrogens (primary N) is 1. The summed E-state index contributed by atoms with van der Waals surface area (Å²) in [5.41, 5.74) is 7.22. The third-order valence-electron chi connectivity index (χ3n) is 3.43. The lowest BCUT2D eigenvalue weighted by Crippen LogP contribution is -2.28. The van der Waals surface area contributed by atoms with Crippen LogP contribution in [0.3, 0.4) is 0 Å². The lowest BCUT2D eigenvalue weighted by molar-refractivity contribution is 0.180. The highest BCUT2D eigenvalue weighted by molar-refractivity contribution is 9.10. The SMILES string of the molecule is CC(N)C(Oc1ccc2ccccc2c1Br)c1ccsc1. The highest BCUT2D eigenvalue weighted by Gasteiger charge is 2.20. The molecule has 0 radical (unpaired) electrons. The van der Waals surface area contributed by atoms with Crippen molar-refractivity contribution in [1.29, 1.82) is 0 Å². The molecule has 3 rings (SSSR count). The highest BCUT2D eigenvalue weighted by Crippen LogP contribution is 2.36. The fourth-order valence-electron chi connectivity index (χ4n) is 2.36. The van der Waals surface area contributed by atoms with Gasteiger partial charge in [-0.3, -0.25) is 0 Å². The van der Waals surface area contributed by atoms with E-state index in [0.29, 0.717) is 0 Å². The lowest BCUT2D eigenvalue weighted by atomic mass is 10.1. The van der Waals surface area contributed by atoms with E-state index in [1.54, 1.807) is 11.3 Å². The van der Waals surface area contributed by atoms with Crippen molar-refractivity contribution in [2.75, 3.05) is 0 Å². The van der Waals surface area contributed by atoms with Gasteiger partial charge in [-0.15, -0.1) is 0 Å². The topological polar surface area (TPSA) is 35.2 Å². The number of hydrogen-bond acceptors (Lipinski definition) is 3. The number of halogens is 1. The van der Waals surface area contributed by atoms with Gasteiger partial charge >= 0.3 is 0 Å². The average molecular weight is 362 g/mol. The Morgan fingerprint density at radius 3 is 2.67 bits per heavy atom. The maximum Gasteiger partial charge on any atom is 0.139 e. The van der Waals surface area contributed by atoms with Crippen LogP contribution in [0.25, 0.3) is 10.8 Å². The molecule has 2 nitrogen and oxygen atoms in total. The van der Waals surface area contributed by atoms with Crippen molar-refractivity contribution in [3.8, 4) is 5.75 Å². The van der Waals surface area contributed by atoms with Crippen LogP contribution in [0, 0.1) is 0 Å². The summed E-state index contributed by atoms with van der Waals surface area (Å²) in [4.78, 5) is 0. The second-order valence-corrected chi connectivity index (χ2v) is 6.63. The van der Waals surface area contributed by atoms with E-state index >= 15 is 0 Å². The molecule has 0 fully saturated rings. The van der Waals surface area contributed by atoms with Gasteiger partial charge in [-0.05, 0) is 56.5 Å². The normalized spacial score (nSPS) is 14.0. The number of fused-ring (bicyclic) bond motifs is 1. The summed E-state index contributed by atoms with van der Waals surface area (Å²) in [5, 5.41) is 6.46. The molecule has 0 aliphatic rings. The molecule has 0 aliphatic carbocycles. The van der Waals surface area contributed by atoms with E-state index in [9.17, 15) is 0 Å². The smallest absolute Gasteiger partial charge is 0.139 e. The molecule has 3 aromatic rings. The fraction of sp³-hybridized carbons (Fsp3) is 0.176. The first-order valence-corrected chi connectivity index (χ1v) is 8.52. The predicted molar refractivity (Wildman–Crippen MR) is 93.0 cm³/mol. The minimum atomic E-state index is -0.145. The molecule has 2 unspecified atom stereocenters. The Hall–Kier alpha value is -1.36. The summed E-state index contributed by atoms with van der Waals surface area (Å²) in [6.45, 7) is 1.97. The van der Waals surface area contributed by atoms with Gasteiger partial charge in [0.15, 0.2) is 0 Å². The molecule has 108 valence electrons. The zero-order valence-corrected chi connectivity index (χ0v) is 14.0. The zero-order chi connectivity index (χ0) is 14.8. The zero-order valence-electron chi connectivity index (χ0n) is 11.6. The largest absolute Gasteiger partial charge is 0.483 e. The highest BCUT2D eigenvalue weighted by atomic mass is 79.9. The third-order valence-corrected chi connectivity index (χ3v) is 4.95. The molecule has 0 bridgehead atoms. The molecular formula is C17H16BrNOS. The number of hydrogen-bond donors (Lipinski definition) is 1. The van der Waals surface area contributed by atoms with E-state index in [1.165, 1.54) is 5.39 Å². The van der Waals surface area contributed by atoms with Crippen LogP contribution >= 0.6 is 27.3 Å². The second kappa shape index (κ2) is 6.18. The Kier molecular flexibility index (Phi) is 4.29. The lowest BCUT2D eigenvalue weighted by Gasteiger charge is -2.23. The van der Waals surface area contributed by atoms with Crippen LogP contribution in [0.15, 0.2) is 57.7 Å². The van der Waals surface area contributed by atoms with Gasteiger partial charge in [0, 0.05) is 11.6 Å². The molecule has 1 aromatic heterocycles. The van der Waals surface area contributed by atoms with Crippen LogP contribution in [0.1, 0.15) is 18.6 Å². The Morgan fingerprint density at radius 1 is 1.14 bits per heavy atom. The monoisotopic (exact) mass is 361 g/mol. The molecule has 0 saturated heterocycles. The molecule has 0 saturated carbocycles. The Labute approximate surface area is 136 Å². The molecule has 2 N–H and O–H groups in total. The van der Waals surface area contributed by atoms with E-state index in [1.807, 2.05) is 30.5 Å². The maximum absolute atomic E-state index is 6.19. The van der Waals surface area contributed by atoms with Crippen molar-refractivity contribution >= 4 is 38.0 Å². The van der Waals surface area contributed by atoms with Gasteiger partial charge in [0.05, 0.1) is 4.47 Å². The molecular weight excluding hydrogens is 346 g/mol. The van der Waals surface area contributed by atoms with Crippen molar-refractivity contribution in [3.05, 3.63) is 63.3 Å². The van der Waals surface area contributed by atoms with Crippen LogP contribution in [-0.2, 0) is 0 Å². The first-order chi connectivity index (χ1) is 10.2. The number of ether oxygens (including phenoxy) is 1. The van der Waals surface area contributed by atoms with E-state index in [2.05, 4.69) is 45.6 Å². The number of thiophene rings is 1. The Balaban J connectivity index is 1.98. The fourth-order valence-corrected chi connectivity index (χ4v) is 3.63. The van der Waals surface area contributed by atoms with Gasteiger partial charge in [0.2, 0.25) is 0 Å². The van der Waals surface area contributed by atoms with E-state index in [0.717, 1.165) is 21.2 Å². The van der Waals surface area contributed by atoms with E-state index in [4.69, 9.17) is 10.5 Å². The summed E-state index contributed by atoms with van der Waals surface area (Å²) >= 11 is 5.31. The third kappa shape index (κ3) is 2.98. The summed E-state index contributed by atoms with van der Waals surface area (Å²) in [5.74, 6) is 0.821. The molecule has 0 amide bonds. The van der Waals surface area contributed by atoms with E-state index in [-0.39, 0.29) is 12.1 Å². The van der Waals surface area contributed by atoms with Crippen molar-refractivity contribution in [1.82, 2.24) is 0 Å². The number of benzene rings is 2. The van der Waals surface area contributed by atoms with Crippen molar-refractivity contribution < 1.29 is 4.74 Å². The van der Waals surface area contributed by atoms with Crippen LogP contribution < -0.4 is 10.5 Å². The number of rotatable bonds is 4. The second-order valence-electron chi connectivity index (χ2n) is 5.05. The first kappa shape index (κ1) is 14.6. The quantitative estimate of drug-likeness (QED) is 0.698. The summed E-state index contributed by atoms with van der Waals surface area (Å²) in [7, 11) is 0. The van der Waals surface area contributed by atoms with Crippen molar-refractivity contribution in [2.24, 2.45) is 5.73 Å². The Morgan fingerprint density at radius 2 is 1.95 bits per heavy atom. The summed E-state index contributed by atoms with van der Waals surface area (Å²) in [6, 6.07) is 14.3. The van der Waals surface area contributed by atoms with Crippen LogP contribution in [0.5, 0.6) is 5.75 Å². The Bertz CT molecular complexity index is 740. The molecule has 0 aliphatic heterocycles. The standard InChI is InChI=1S/C17H16BrNOS/c1-11(19)17(13-8-9-21-10-13)20-15-7-6-12-4-2-3-5-14(12)16(15)18/h2-11,17H,19H2,1H3. The van der Waals surface area contributed by atoms with Crippen LogP contribution in [0.4, 0.5) is 0 Å². The van der Waals surface area contributed by atoms with Crippen molar-refractivity contribution in [3.63, 3.8) is 0 Å². The van der Waals surface area contributed by atoms with Crippen LogP contribution in [-0.4, -0.2) is 6.04 Å². The first-order valence-electron chi connectivity index (χ1n) is 6.78. The van der Waals surface area contributed by atoms with Gasteiger partial charge in [0.1, 0.15) is 11.9 Å². The van der Waals surface area contributed by atoms with Gasteiger partial charge in [-0.1, -0.05) is 30.3 Å². The van der Waals surface area contributed by atoms with Crippen molar-refractivity contribution in [2.45, 2.75) is 19.1 Å². The maximum atomic E-state index is 6.19. The summed E-state index contributed by atoms with van der Waals surface area (Å²) < 4.78 is 7.17.